The Balaban J connectivity index is 2.20. The number of aliphatic hydroxyl groups is 1. The van der Waals surface area contributed by atoms with Crippen molar-refractivity contribution in [2.45, 2.75) is 79.2 Å². The van der Waals surface area contributed by atoms with Crippen molar-refractivity contribution in [1.82, 2.24) is 0 Å². The van der Waals surface area contributed by atoms with E-state index in [1.807, 2.05) is 6.08 Å². The van der Waals surface area contributed by atoms with Gasteiger partial charge in [-0.05, 0) is 63.2 Å². The number of carbonyl (C=O) groups excluding carboxylic acids is 1. The second kappa shape index (κ2) is 8.81. The number of ether oxygens (including phenoxy) is 1. The molecule has 1 saturated carbocycles. The highest BCUT2D eigenvalue weighted by Gasteiger charge is 2.56. The molecule has 0 saturated heterocycles. The first-order valence-corrected chi connectivity index (χ1v) is 10.4. The Hall–Kier alpha value is -1.62. The third kappa shape index (κ3) is 4.68. The van der Waals surface area contributed by atoms with E-state index in [1.165, 1.54) is 11.1 Å². The van der Waals surface area contributed by atoms with Crippen LogP contribution in [0.15, 0.2) is 23.3 Å². The van der Waals surface area contributed by atoms with Crippen molar-refractivity contribution in [3.63, 3.8) is 0 Å². The van der Waals surface area contributed by atoms with Crippen LogP contribution >= 0.6 is 0 Å². The minimum Gasteiger partial charge on any atom is -0.481 e. The maximum Gasteiger partial charge on any atom is 0.317 e. The van der Waals surface area contributed by atoms with E-state index in [2.05, 4.69) is 40.7 Å². The lowest BCUT2D eigenvalue weighted by atomic mass is 9.47. The summed E-state index contributed by atoms with van der Waals surface area (Å²) < 4.78 is 5.63. The Labute approximate surface area is 168 Å². The highest BCUT2D eigenvalue weighted by Crippen LogP contribution is 2.61. The molecule has 0 spiro atoms. The molecule has 5 heteroatoms. The topological polar surface area (TPSA) is 83.8 Å². The van der Waals surface area contributed by atoms with E-state index in [0.29, 0.717) is 11.8 Å². The normalized spacial score (nSPS) is 32.3. The minimum absolute atomic E-state index is 0.0850. The maximum absolute atomic E-state index is 12.0. The number of allylic oxidation sites excluding steroid dienone is 3. The average Bonchev–Trinajstić information content (AvgIpc) is 2.56. The lowest BCUT2D eigenvalue weighted by molar-refractivity contribution is -0.176. The molecule has 0 aliphatic heterocycles. The molecule has 2 aliphatic carbocycles. The molecule has 0 heterocycles. The van der Waals surface area contributed by atoms with Crippen molar-refractivity contribution in [2.24, 2.45) is 22.7 Å². The van der Waals surface area contributed by atoms with E-state index in [9.17, 15) is 9.59 Å². The summed E-state index contributed by atoms with van der Waals surface area (Å²) in [5, 5.41) is 18.0. The monoisotopic (exact) mass is 392 g/mol. The fourth-order valence-corrected chi connectivity index (χ4v) is 5.74. The average molecular weight is 393 g/mol. The largest absolute Gasteiger partial charge is 0.481 e. The summed E-state index contributed by atoms with van der Waals surface area (Å²) in [6, 6.07) is 0. The van der Waals surface area contributed by atoms with Gasteiger partial charge in [-0.3, -0.25) is 9.59 Å². The van der Waals surface area contributed by atoms with Gasteiger partial charge in [-0.25, -0.2) is 0 Å². The summed E-state index contributed by atoms with van der Waals surface area (Å²) in [6.07, 6.45) is 8.10. The lowest BCUT2D eigenvalue weighted by Crippen LogP contribution is -2.55. The molecule has 0 aromatic rings. The molecule has 0 radical (unpaired) electrons. The van der Waals surface area contributed by atoms with Crippen LogP contribution in [0.25, 0.3) is 0 Å². The Morgan fingerprint density at radius 3 is 2.61 bits per heavy atom. The van der Waals surface area contributed by atoms with Gasteiger partial charge in [0.2, 0.25) is 0 Å². The standard InChI is InChI=1S/C23H36O5/c1-15(11-13-24)6-8-17-16(2)7-9-18-22(3,4)19(10-12-23(17,18)5)28-21(27)14-20(25)26/h7,11,17-19,24H,6,8-10,12-14H2,1-5H3,(H,25,26)/b15-11+/t17-,18-,19+,23+/m1/s1. The van der Waals surface area contributed by atoms with Gasteiger partial charge in [0, 0.05) is 5.41 Å². The number of esters is 1. The van der Waals surface area contributed by atoms with Crippen LogP contribution in [0, 0.1) is 22.7 Å². The molecule has 158 valence electrons. The molecule has 0 aromatic heterocycles. The first kappa shape index (κ1) is 22.7. The predicted octanol–water partition coefficient (Wildman–Crippen LogP) is 4.50. The fraction of sp³-hybridized carbons (Fsp3) is 0.739. The molecular weight excluding hydrogens is 356 g/mol. The smallest absolute Gasteiger partial charge is 0.317 e. The van der Waals surface area contributed by atoms with E-state index in [4.69, 9.17) is 14.9 Å². The third-order valence-corrected chi connectivity index (χ3v) is 7.33. The second-order valence-electron chi connectivity index (χ2n) is 9.48. The maximum atomic E-state index is 12.0. The van der Waals surface area contributed by atoms with Gasteiger partial charge in [0.1, 0.15) is 12.5 Å². The zero-order valence-electron chi connectivity index (χ0n) is 18.0. The Kier molecular flexibility index (Phi) is 7.13. The molecule has 0 amide bonds. The van der Waals surface area contributed by atoms with Gasteiger partial charge in [-0.2, -0.15) is 0 Å². The molecule has 2 aliphatic rings. The second-order valence-corrected chi connectivity index (χ2v) is 9.48. The number of carboxylic acid groups (broad SMARTS) is 1. The number of aliphatic hydroxyl groups excluding tert-OH is 1. The lowest BCUT2D eigenvalue weighted by Gasteiger charge is -2.59. The fourth-order valence-electron chi connectivity index (χ4n) is 5.74. The van der Waals surface area contributed by atoms with E-state index < -0.39 is 18.4 Å². The summed E-state index contributed by atoms with van der Waals surface area (Å²) in [4.78, 5) is 22.8. The van der Waals surface area contributed by atoms with Crippen LogP contribution in [-0.2, 0) is 14.3 Å². The van der Waals surface area contributed by atoms with E-state index >= 15 is 0 Å². The van der Waals surface area contributed by atoms with Crippen molar-refractivity contribution < 1.29 is 24.5 Å². The first-order valence-electron chi connectivity index (χ1n) is 10.4. The molecule has 0 aromatic carbocycles. The summed E-state index contributed by atoms with van der Waals surface area (Å²) >= 11 is 0. The van der Waals surface area contributed by atoms with E-state index in [0.717, 1.165) is 32.1 Å². The molecule has 28 heavy (non-hydrogen) atoms. The van der Waals surface area contributed by atoms with Gasteiger partial charge in [-0.1, -0.05) is 44.1 Å². The molecular formula is C23H36O5. The van der Waals surface area contributed by atoms with Crippen LogP contribution in [0.2, 0.25) is 0 Å². The molecule has 2 rings (SSSR count). The number of fused-ring (bicyclic) bond motifs is 1. The summed E-state index contributed by atoms with van der Waals surface area (Å²) in [7, 11) is 0. The van der Waals surface area contributed by atoms with Crippen LogP contribution in [-0.4, -0.2) is 34.9 Å². The number of rotatable bonds is 7. The van der Waals surface area contributed by atoms with Gasteiger partial charge in [0.25, 0.3) is 0 Å². The van der Waals surface area contributed by atoms with Crippen molar-refractivity contribution >= 4 is 11.9 Å². The van der Waals surface area contributed by atoms with Crippen LogP contribution in [0.3, 0.4) is 0 Å². The van der Waals surface area contributed by atoms with Gasteiger partial charge in [-0.15, -0.1) is 0 Å². The van der Waals surface area contributed by atoms with Gasteiger partial charge in [0.15, 0.2) is 0 Å². The van der Waals surface area contributed by atoms with Crippen molar-refractivity contribution in [3.05, 3.63) is 23.3 Å². The molecule has 1 fully saturated rings. The molecule has 0 bridgehead atoms. The van der Waals surface area contributed by atoms with E-state index in [1.54, 1.807) is 0 Å². The van der Waals surface area contributed by atoms with Crippen LogP contribution < -0.4 is 0 Å². The highest BCUT2D eigenvalue weighted by molar-refractivity contribution is 5.90. The van der Waals surface area contributed by atoms with Crippen LogP contribution in [0.5, 0.6) is 0 Å². The van der Waals surface area contributed by atoms with Crippen molar-refractivity contribution in [1.29, 1.82) is 0 Å². The SMILES string of the molecule is CC1=CC[C@@H]2C(C)(C)[C@@H](OC(=O)CC(=O)O)CC[C@@]2(C)[C@@H]1CC/C(C)=C/CO. The molecule has 0 unspecified atom stereocenters. The third-order valence-electron chi connectivity index (χ3n) is 7.33. The van der Waals surface area contributed by atoms with Gasteiger partial charge >= 0.3 is 11.9 Å². The van der Waals surface area contributed by atoms with Gasteiger partial charge < -0.3 is 14.9 Å². The van der Waals surface area contributed by atoms with Crippen LogP contribution in [0.1, 0.15) is 73.1 Å². The zero-order valence-corrected chi connectivity index (χ0v) is 18.0. The van der Waals surface area contributed by atoms with E-state index in [-0.39, 0.29) is 23.5 Å². The quantitative estimate of drug-likeness (QED) is 0.379. The number of hydrogen-bond donors (Lipinski definition) is 2. The number of carbonyl (C=O) groups is 2. The molecule has 5 nitrogen and oxygen atoms in total. The Morgan fingerprint density at radius 2 is 2.00 bits per heavy atom. The minimum atomic E-state index is -1.15. The Morgan fingerprint density at radius 1 is 1.32 bits per heavy atom. The number of aliphatic carboxylic acids is 1. The summed E-state index contributed by atoms with van der Waals surface area (Å²) in [5.41, 5.74) is 2.56. The molecule has 4 atom stereocenters. The first-order chi connectivity index (χ1) is 13.0. The zero-order chi connectivity index (χ0) is 21.1. The predicted molar refractivity (Wildman–Crippen MR) is 109 cm³/mol. The number of carboxylic acids is 1. The highest BCUT2D eigenvalue weighted by atomic mass is 16.5. The van der Waals surface area contributed by atoms with Crippen molar-refractivity contribution in [2.75, 3.05) is 6.61 Å². The summed E-state index contributed by atoms with van der Waals surface area (Å²) in [5.74, 6) is -0.959. The van der Waals surface area contributed by atoms with Gasteiger partial charge in [0.05, 0.1) is 6.61 Å². The number of hydrogen-bond acceptors (Lipinski definition) is 4. The van der Waals surface area contributed by atoms with Crippen molar-refractivity contribution in [3.8, 4) is 0 Å². The Bertz CT molecular complexity index is 660. The van der Waals surface area contributed by atoms with Crippen LogP contribution in [0.4, 0.5) is 0 Å². The summed E-state index contributed by atoms with van der Waals surface area (Å²) in [6.45, 7) is 11.1. The molecule has 2 N–H and O–H groups in total.